The molecule has 0 saturated heterocycles. The van der Waals surface area contributed by atoms with Gasteiger partial charge >= 0.3 is 0 Å². The monoisotopic (exact) mass is 390 g/mol. The van der Waals surface area contributed by atoms with Gasteiger partial charge in [-0.2, -0.15) is 5.10 Å². The molecule has 1 N–H and O–H groups in total. The zero-order valence-corrected chi connectivity index (χ0v) is 18.7. The molecule has 3 nitrogen and oxygen atoms in total. The third-order valence-corrected chi connectivity index (χ3v) is 7.09. The first-order valence-electron chi connectivity index (χ1n) is 10.9. The molecule has 1 aliphatic heterocycles. The highest BCUT2D eigenvalue weighted by Crippen LogP contribution is 2.60. The lowest BCUT2D eigenvalue weighted by molar-refractivity contribution is 0.0858. The number of nitrogens with one attached hydrogen (secondary N) is 1. The Labute approximate surface area is 175 Å². The summed E-state index contributed by atoms with van der Waals surface area (Å²) in [6.45, 7) is 17.2. The first-order valence-corrected chi connectivity index (χ1v) is 10.9. The molecule has 0 spiro atoms. The van der Waals surface area contributed by atoms with Gasteiger partial charge in [-0.3, -0.25) is 10.2 Å². The van der Waals surface area contributed by atoms with Crippen LogP contribution in [0.5, 0.6) is 0 Å². The number of carbonyl (C=O) groups is 1. The second-order valence-corrected chi connectivity index (χ2v) is 11.1. The summed E-state index contributed by atoms with van der Waals surface area (Å²) in [6, 6.07) is 8.08. The molecule has 0 radical (unpaired) electrons. The van der Waals surface area contributed by atoms with Crippen molar-refractivity contribution < 1.29 is 4.79 Å². The van der Waals surface area contributed by atoms with Crippen LogP contribution >= 0.6 is 0 Å². The SMILES string of the molecule is C=C(C1CC2CC1C1=C(c3ccc(C(=O)C(C)(C)C)cc3)NN=CC12)C(C)(C)C. The molecular formula is C26H34N2O. The Morgan fingerprint density at radius 1 is 1.03 bits per heavy atom. The predicted octanol–water partition coefficient (Wildman–Crippen LogP) is 6.09. The second kappa shape index (κ2) is 6.68. The smallest absolute Gasteiger partial charge is 0.168 e. The number of hydrogen-bond acceptors (Lipinski definition) is 3. The summed E-state index contributed by atoms with van der Waals surface area (Å²) >= 11 is 0. The Morgan fingerprint density at radius 3 is 2.28 bits per heavy atom. The van der Waals surface area contributed by atoms with Crippen LogP contribution in [0, 0.1) is 34.5 Å². The number of hydrazone groups is 1. The van der Waals surface area contributed by atoms with Gasteiger partial charge in [-0.15, -0.1) is 0 Å². The molecule has 1 aromatic rings. The lowest BCUT2D eigenvalue weighted by atomic mass is 9.68. The van der Waals surface area contributed by atoms with Crippen molar-refractivity contribution in [1.29, 1.82) is 0 Å². The van der Waals surface area contributed by atoms with Gasteiger partial charge in [-0.1, -0.05) is 78.0 Å². The molecule has 3 aliphatic rings. The summed E-state index contributed by atoms with van der Waals surface area (Å²) in [4.78, 5) is 12.6. The topological polar surface area (TPSA) is 41.5 Å². The van der Waals surface area contributed by atoms with Crippen molar-refractivity contribution in [3.05, 3.63) is 53.1 Å². The van der Waals surface area contributed by atoms with Crippen molar-refractivity contribution in [2.45, 2.75) is 54.4 Å². The molecule has 2 fully saturated rings. The van der Waals surface area contributed by atoms with E-state index < -0.39 is 0 Å². The molecule has 1 aromatic carbocycles. The lowest BCUT2D eigenvalue weighted by Gasteiger charge is -2.37. The van der Waals surface area contributed by atoms with Gasteiger partial charge in [0.25, 0.3) is 0 Å². The zero-order valence-electron chi connectivity index (χ0n) is 18.7. The number of nitrogens with zero attached hydrogens (tertiary/aromatic N) is 1. The van der Waals surface area contributed by atoms with Gasteiger partial charge in [-0.05, 0) is 47.1 Å². The van der Waals surface area contributed by atoms with E-state index in [1.807, 2.05) is 32.9 Å². The first kappa shape index (κ1) is 20.1. The maximum atomic E-state index is 12.6. The highest BCUT2D eigenvalue weighted by atomic mass is 16.1. The minimum absolute atomic E-state index is 0.135. The van der Waals surface area contributed by atoms with Gasteiger partial charge < -0.3 is 0 Å². The Kier molecular flexibility index (Phi) is 4.64. The highest BCUT2D eigenvalue weighted by molar-refractivity contribution is 6.00. The van der Waals surface area contributed by atoms with Crippen molar-refractivity contribution in [3.63, 3.8) is 0 Å². The van der Waals surface area contributed by atoms with Crippen LogP contribution in [0.15, 0.2) is 47.1 Å². The molecule has 2 aliphatic carbocycles. The number of fused-ring (bicyclic) bond motifs is 5. The van der Waals surface area contributed by atoms with Crippen molar-refractivity contribution in [1.82, 2.24) is 5.43 Å². The molecule has 4 rings (SSSR count). The Bertz CT molecular complexity index is 906. The van der Waals surface area contributed by atoms with E-state index in [1.54, 1.807) is 0 Å². The molecule has 3 heteroatoms. The van der Waals surface area contributed by atoms with E-state index in [0.717, 1.165) is 16.8 Å². The number of carbonyl (C=O) groups excluding carboxylic acids is 1. The third-order valence-electron chi connectivity index (χ3n) is 7.09. The number of rotatable bonds is 3. The molecule has 29 heavy (non-hydrogen) atoms. The third kappa shape index (κ3) is 3.39. The second-order valence-electron chi connectivity index (χ2n) is 11.1. The molecule has 2 bridgehead atoms. The lowest BCUT2D eigenvalue weighted by Crippen LogP contribution is -2.31. The first-order chi connectivity index (χ1) is 13.5. The average Bonchev–Trinajstić information content (AvgIpc) is 3.25. The maximum Gasteiger partial charge on any atom is 0.168 e. The largest absolute Gasteiger partial charge is 0.294 e. The highest BCUT2D eigenvalue weighted by Gasteiger charge is 2.52. The van der Waals surface area contributed by atoms with Crippen molar-refractivity contribution >= 4 is 17.7 Å². The van der Waals surface area contributed by atoms with Crippen molar-refractivity contribution in [2.75, 3.05) is 0 Å². The number of Topliss-reactive ketones (excluding diaryl/α,β-unsaturated/α-hetero) is 1. The minimum Gasteiger partial charge on any atom is -0.294 e. The summed E-state index contributed by atoms with van der Waals surface area (Å²) in [5, 5.41) is 4.49. The maximum absolute atomic E-state index is 12.6. The molecule has 2 saturated carbocycles. The van der Waals surface area contributed by atoms with Gasteiger partial charge in [-0.25, -0.2) is 0 Å². The van der Waals surface area contributed by atoms with Crippen LogP contribution in [0.2, 0.25) is 0 Å². The van der Waals surface area contributed by atoms with Gasteiger partial charge in [0.05, 0.1) is 5.70 Å². The molecule has 4 unspecified atom stereocenters. The van der Waals surface area contributed by atoms with Crippen LogP contribution in [-0.2, 0) is 0 Å². The Morgan fingerprint density at radius 2 is 1.69 bits per heavy atom. The van der Waals surface area contributed by atoms with Crippen LogP contribution in [0.1, 0.15) is 70.3 Å². The molecule has 0 amide bonds. The molecule has 154 valence electrons. The van der Waals surface area contributed by atoms with Crippen LogP contribution in [0.3, 0.4) is 0 Å². The summed E-state index contributed by atoms with van der Waals surface area (Å²) in [6.07, 6.45) is 4.57. The van der Waals surface area contributed by atoms with E-state index in [9.17, 15) is 4.79 Å². The predicted molar refractivity (Wildman–Crippen MR) is 121 cm³/mol. The van der Waals surface area contributed by atoms with Crippen LogP contribution in [0.4, 0.5) is 0 Å². The van der Waals surface area contributed by atoms with Gasteiger partial charge in [0.15, 0.2) is 5.78 Å². The summed E-state index contributed by atoms with van der Waals surface area (Å²) in [5.74, 6) is 2.38. The molecular weight excluding hydrogens is 356 g/mol. The molecule has 1 heterocycles. The normalized spacial score (nSPS) is 28.3. The fourth-order valence-electron chi connectivity index (χ4n) is 5.41. The summed E-state index contributed by atoms with van der Waals surface area (Å²) in [5.41, 5.74) is 8.99. The van der Waals surface area contributed by atoms with E-state index in [2.05, 4.69) is 56.2 Å². The van der Waals surface area contributed by atoms with Crippen molar-refractivity contribution in [3.8, 4) is 0 Å². The summed E-state index contributed by atoms with van der Waals surface area (Å²) in [7, 11) is 0. The van der Waals surface area contributed by atoms with Gasteiger partial charge in [0, 0.05) is 23.1 Å². The molecule has 0 aromatic heterocycles. The van der Waals surface area contributed by atoms with E-state index in [1.165, 1.54) is 24.0 Å². The Hall–Kier alpha value is -2.16. The van der Waals surface area contributed by atoms with Crippen LogP contribution < -0.4 is 5.43 Å². The Balaban J connectivity index is 1.69. The van der Waals surface area contributed by atoms with Crippen LogP contribution in [-0.4, -0.2) is 12.0 Å². The van der Waals surface area contributed by atoms with E-state index in [4.69, 9.17) is 0 Å². The van der Waals surface area contributed by atoms with E-state index in [-0.39, 0.29) is 16.6 Å². The van der Waals surface area contributed by atoms with E-state index in [0.29, 0.717) is 23.7 Å². The fraction of sp³-hybridized carbons (Fsp3) is 0.538. The van der Waals surface area contributed by atoms with Crippen molar-refractivity contribution in [2.24, 2.45) is 39.6 Å². The molecule has 4 atom stereocenters. The van der Waals surface area contributed by atoms with Gasteiger partial charge in [0.2, 0.25) is 0 Å². The quantitative estimate of drug-likeness (QED) is 0.501. The minimum atomic E-state index is -0.368. The number of benzene rings is 1. The standard InChI is InChI=1S/C26H34N2O/c1-15(25(2,3)4)19-12-18-13-20(19)22-21(18)14-27-28-23(22)16-8-10-17(11-9-16)24(29)26(5,6)7/h8-11,14,18-21,28H,1,12-13H2,2-7H3. The average molecular weight is 391 g/mol. The zero-order chi connectivity index (χ0) is 21.1. The van der Waals surface area contributed by atoms with E-state index >= 15 is 0 Å². The number of allylic oxidation sites excluding steroid dienone is 2. The van der Waals surface area contributed by atoms with Gasteiger partial charge in [0.1, 0.15) is 0 Å². The number of hydrogen-bond donors (Lipinski definition) is 1. The fourth-order valence-corrected chi connectivity index (χ4v) is 5.41. The summed E-state index contributed by atoms with van der Waals surface area (Å²) < 4.78 is 0. The van der Waals surface area contributed by atoms with Crippen LogP contribution in [0.25, 0.3) is 5.70 Å². The number of ketones is 1.